The molecule has 6 nitrogen and oxygen atoms in total. The fourth-order valence-corrected chi connectivity index (χ4v) is 4.94. The first-order chi connectivity index (χ1) is 16.0. The Hall–Kier alpha value is -3.30. The van der Waals surface area contributed by atoms with Gasteiger partial charge in [-0.05, 0) is 48.2 Å². The molecule has 33 heavy (non-hydrogen) atoms. The third-order valence-corrected chi connectivity index (χ3v) is 6.77. The van der Waals surface area contributed by atoms with Gasteiger partial charge in [-0.3, -0.25) is 19.3 Å². The zero-order valence-corrected chi connectivity index (χ0v) is 19.0. The molecule has 3 amide bonds. The van der Waals surface area contributed by atoms with Gasteiger partial charge in [0.15, 0.2) is 0 Å². The van der Waals surface area contributed by atoms with E-state index < -0.39 is 17.0 Å². The van der Waals surface area contributed by atoms with Crippen molar-refractivity contribution >= 4 is 46.7 Å². The first-order valence-corrected chi connectivity index (χ1v) is 11.9. The zero-order chi connectivity index (χ0) is 23.2. The summed E-state index contributed by atoms with van der Waals surface area (Å²) in [5, 5.41) is 2.31. The van der Waals surface area contributed by atoms with Crippen LogP contribution in [0.15, 0.2) is 81.1 Å². The van der Waals surface area contributed by atoms with E-state index in [0.29, 0.717) is 11.3 Å². The number of thioether (sulfide) groups is 2. The van der Waals surface area contributed by atoms with E-state index in [4.69, 9.17) is 4.42 Å². The maximum Gasteiger partial charge on any atom is 0.293 e. The van der Waals surface area contributed by atoms with Gasteiger partial charge in [-0.25, -0.2) is 4.39 Å². The summed E-state index contributed by atoms with van der Waals surface area (Å²) >= 11 is 2.24. The van der Waals surface area contributed by atoms with Gasteiger partial charge >= 0.3 is 0 Å². The number of carbonyl (C=O) groups is 3. The Morgan fingerprint density at radius 2 is 1.88 bits per heavy atom. The van der Waals surface area contributed by atoms with E-state index in [9.17, 15) is 18.8 Å². The number of amides is 3. The van der Waals surface area contributed by atoms with Crippen LogP contribution in [0.4, 0.5) is 9.18 Å². The highest BCUT2D eigenvalue weighted by molar-refractivity contribution is 8.18. The summed E-state index contributed by atoms with van der Waals surface area (Å²) in [5.41, 5.74) is 0.739. The SMILES string of the molecule is O=C(NCCN1C(=O)SC(=Cc2ccccc2F)C1=O)c1ccccc1SCc1ccco1. The van der Waals surface area contributed by atoms with Crippen molar-refractivity contribution in [3.63, 3.8) is 0 Å². The monoisotopic (exact) mass is 482 g/mol. The van der Waals surface area contributed by atoms with Gasteiger partial charge in [0.1, 0.15) is 11.6 Å². The third-order valence-electron chi connectivity index (χ3n) is 4.77. The first kappa shape index (κ1) is 22.9. The maximum atomic E-state index is 13.9. The van der Waals surface area contributed by atoms with E-state index in [1.165, 1.54) is 30.0 Å². The molecule has 0 aliphatic carbocycles. The number of rotatable bonds is 8. The fourth-order valence-electron chi connectivity index (χ4n) is 3.13. The average molecular weight is 483 g/mol. The minimum Gasteiger partial charge on any atom is -0.468 e. The van der Waals surface area contributed by atoms with Crippen LogP contribution in [0.3, 0.4) is 0 Å². The number of imide groups is 1. The van der Waals surface area contributed by atoms with Crippen LogP contribution in [-0.2, 0) is 10.5 Å². The summed E-state index contributed by atoms with van der Waals surface area (Å²) in [4.78, 5) is 39.6. The molecule has 168 valence electrons. The van der Waals surface area contributed by atoms with Crippen LogP contribution < -0.4 is 5.32 Å². The Morgan fingerprint density at radius 3 is 2.67 bits per heavy atom. The largest absolute Gasteiger partial charge is 0.468 e. The second-order valence-corrected chi connectivity index (χ2v) is 8.99. The molecule has 1 N–H and O–H groups in total. The van der Waals surface area contributed by atoms with E-state index in [2.05, 4.69) is 5.32 Å². The summed E-state index contributed by atoms with van der Waals surface area (Å²) in [7, 11) is 0. The molecule has 9 heteroatoms. The molecule has 0 radical (unpaired) electrons. The lowest BCUT2D eigenvalue weighted by atomic mass is 10.2. The number of hydrogen-bond donors (Lipinski definition) is 1. The lowest BCUT2D eigenvalue weighted by Crippen LogP contribution is -2.37. The average Bonchev–Trinajstić information content (AvgIpc) is 3.43. The normalized spacial score (nSPS) is 14.8. The Kier molecular flexibility index (Phi) is 7.31. The first-order valence-electron chi connectivity index (χ1n) is 10.1. The molecular formula is C24H19FN2O4S2. The Balaban J connectivity index is 1.35. The lowest BCUT2D eigenvalue weighted by molar-refractivity contribution is -0.122. The van der Waals surface area contributed by atoms with Gasteiger partial charge in [0.05, 0.1) is 22.5 Å². The highest BCUT2D eigenvalue weighted by Crippen LogP contribution is 2.32. The van der Waals surface area contributed by atoms with E-state index in [1.54, 1.807) is 30.5 Å². The van der Waals surface area contributed by atoms with Crippen molar-refractivity contribution in [2.24, 2.45) is 0 Å². The van der Waals surface area contributed by atoms with Gasteiger partial charge < -0.3 is 9.73 Å². The quantitative estimate of drug-likeness (QED) is 0.352. The van der Waals surface area contributed by atoms with Gasteiger partial charge in [-0.2, -0.15) is 0 Å². The summed E-state index contributed by atoms with van der Waals surface area (Å²) in [6.45, 7) is 0.119. The summed E-state index contributed by atoms with van der Waals surface area (Å²) < 4.78 is 19.2. The molecule has 0 spiro atoms. The zero-order valence-electron chi connectivity index (χ0n) is 17.3. The molecule has 1 aliphatic rings. The van der Waals surface area contributed by atoms with Crippen LogP contribution in [0.25, 0.3) is 6.08 Å². The highest BCUT2D eigenvalue weighted by Gasteiger charge is 2.34. The van der Waals surface area contributed by atoms with Crippen LogP contribution in [0, 0.1) is 5.82 Å². The van der Waals surface area contributed by atoms with Crippen LogP contribution in [0.2, 0.25) is 0 Å². The lowest BCUT2D eigenvalue weighted by Gasteiger charge is -2.14. The van der Waals surface area contributed by atoms with Crippen molar-refractivity contribution in [2.45, 2.75) is 10.6 Å². The van der Waals surface area contributed by atoms with Gasteiger partial charge in [0.25, 0.3) is 17.1 Å². The molecule has 0 atom stereocenters. The van der Waals surface area contributed by atoms with Gasteiger partial charge in [-0.1, -0.05) is 30.3 Å². The van der Waals surface area contributed by atoms with Crippen LogP contribution in [-0.4, -0.2) is 35.0 Å². The van der Waals surface area contributed by atoms with Gasteiger partial charge in [0, 0.05) is 23.5 Å². The van der Waals surface area contributed by atoms with E-state index in [-0.39, 0.29) is 29.5 Å². The minimum atomic E-state index is -0.503. The Morgan fingerprint density at radius 1 is 1.09 bits per heavy atom. The highest BCUT2D eigenvalue weighted by atomic mass is 32.2. The fraction of sp³-hybridized carbons (Fsp3) is 0.125. The molecule has 1 saturated heterocycles. The number of benzene rings is 2. The standard InChI is InChI=1S/C24H19FN2O4S2/c25-19-9-3-1-6-16(19)14-21-23(29)27(24(30)33-21)12-11-26-22(28)18-8-2-4-10-20(18)32-15-17-7-5-13-31-17/h1-10,13-14H,11-12,15H2,(H,26,28). The number of nitrogens with zero attached hydrogens (tertiary/aromatic N) is 1. The molecule has 0 bridgehead atoms. The molecular weight excluding hydrogens is 463 g/mol. The minimum absolute atomic E-state index is 0.0206. The number of halogens is 1. The molecule has 1 fully saturated rings. The number of nitrogens with one attached hydrogen (secondary N) is 1. The number of furan rings is 1. The number of carbonyl (C=O) groups excluding carboxylic acids is 3. The van der Waals surface area contributed by atoms with Crippen molar-refractivity contribution in [3.05, 3.63) is 94.5 Å². The van der Waals surface area contributed by atoms with Crippen molar-refractivity contribution in [2.75, 3.05) is 13.1 Å². The van der Waals surface area contributed by atoms with Crippen molar-refractivity contribution in [3.8, 4) is 0 Å². The molecule has 0 saturated carbocycles. The van der Waals surface area contributed by atoms with Crippen molar-refractivity contribution in [1.82, 2.24) is 10.2 Å². The molecule has 1 aliphatic heterocycles. The molecule has 4 rings (SSSR count). The molecule has 2 heterocycles. The predicted octanol–water partition coefficient (Wildman–Crippen LogP) is 5.18. The van der Waals surface area contributed by atoms with E-state index in [1.807, 2.05) is 24.3 Å². The molecule has 1 aromatic heterocycles. The third kappa shape index (κ3) is 5.55. The number of hydrogen-bond acceptors (Lipinski definition) is 6. The van der Waals surface area contributed by atoms with Crippen LogP contribution in [0.5, 0.6) is 0 Å². The summed E-state index contributed by atoms with van der Waals surface area (Å²) in [6.07, 6.45) is 2.97. The molecule has 0 unspecified atom stereocenters. The smallest absolute Gasteiger partial charge is 0.293 e. The Bertz CT molecular complexity index is 1210. The van der Waals surface area contributed by atoms with Crippen molar-refractivity contribution in [1.29, 1.82) is 0 Å². The van der Waals surface area contributed by atoms with Crippen LogP contribution >= 0.6 is 23.5 Å². The van der Waals surface area contributed by atoms with Crippen LogP contribution in [0.1, 0.15) is 21.7 Å². The predicted molar refractivity (Wildman–Crippen MR) is 126 cm³/mol. The van der Waals surface area contributed by atoms with Crippen molar-refractivity contribution < 1.29 is 23.2 Å². The summed E-state index contributed by atoms with van der Waals surface area (Å²) in [6, 6.07) is 16.9. The second kappa shape index (κ2) is 10.5. The van der Waals surface area contributed by atoms with Gasteiger partial charge in [0.2, 0.25) is 0 Å². The topological polar surface area (TPSA) is 79.6 Å². The Labute approximate surface area is 198 Å². The molecule has 2 aromatic carbocycles. The van der Waals surface area contributed by atoms with Gasteiger partial charge in [-0.15, -0.1) is 11.8 Å². The maximum absolute atomic E-state index is 13.9. The molecule has 3 aromatic rings. The second-order valence-electron chi connectivity index (χ2n) is 6.97. The van der Waals surface area contributed by atoms with E-state index >= 15 is 0 Å². The summed E-state index contributed by atoms with van der Waals surface area (Å²) in [5.74, 6) is 0.115. The van der Waals surface area contributed by atoms with E-state index in [0.717, 1.165) is 27.3 Å².